The normalized spacial score (nSPS) is 26.6. The van der Waals surface area contributed by atoms with Crippen molar-refractivity contribution in [1.82, 2.24) is 0 Å². The number of hydrogen-bond donors (Lipinski definition) is 1. The van der Waals surface area contributed by atoms with Crippen molar-refractivity contribution in [1.29, 1.82) is 0 Å². The Bertz CT molecular complexity index is 729. The van der Waals surface area contributed by atoms with E-state index in [0.717, 1.165) is 11.3 Å². The molecular formula is C24H40O7Si. The summed E-state index contributed by atoms with van der Waals surface area (Å²) in [6.45, 7) is 14.6. The molecule has 1 heterocycles. The van der Waals surface area contributed by atoms with E-state index in [1.807, 2.05) is 31.2 Å². The van der Waals surface area contributed by atoms with Gasteiger partial charge in [-0.3, -0.25) is 4.79 Å². The summed E-state index contributed by atoms with van der Waals surface area (Å²) in [6, 6.07) is 7.73. The Morgan fingerprint density at radius 1 is 1.12 bits per heavy atom. The van der Waals surface area contributed by atoms with Crippen LogP contribution in [0.25, 0.3) is 0 Å². The summed E-state index contributed by atoms with van der Waals surface area (Å²) in [4.78, 5) is 11.4. The van der Waals surface area contributed by atoms with Gasteiger partial charge < -0.3 is 28.5 Å². The number of aliphatic hydroxyl groups is 1. The van der Waals surface area contributed by atoms with Gasteiger partial charge in [0.1, 0.15) is 24.6 Å². The smallest absolute Gasteiger partial charge is 0.302 e. The van der Waals surface area contributed by atoms with E-state index in [1.54, 1.807) is 7.11 Å². The lowest BCUT2D eigenvalue weighted by Crippen LogP contribution is -2.61. The fraction of sp³-hybridized carbons (Fsp3) is 0.708. The number of rotatable bonds is 9. The third-order valence-corrected chi connectivity index (χ3v) is 11.1. The zero-order valence-corrected chi connectivity index (χ0v) is 21.7. The SMILES string of the molecule is COc1ccc(CO[C@@H]2[C@@H](C)[C@H](COC(C)=O)O[C@H](CO)[C@H]2O[Si](C)(C)C(C)(C)C)cc1. The highest BCUT2D eigenvalue weighted by molar-refractivity contribution is 6.74. The van der Waals surface area contributed by atoms with Gasteiger partial charge in [-0.1, -0.05) is 39.8 Å². The molecule has 7 nitrogen and oxygen atoms in total. The first-order valence-corrected chi connectivity index (χ1v) is 14.1. The molecule has 0 aliphatic carbocycles. The molecule has 0 saturated carbocycles. The molecule has 5 atom stereocenters. The summed E-state index contributed by atoms with van der Waals surface area (Å²) < 4.78 is 29.8. The molecule has 8 heteroatoms. The third-order valence-electron chi connectivity index (χ3n) is 6.61. The number of carbonyl (C=O) groups excluding carboxylic acids is 1. The van der Waals surface area contributed by atoms with Crippen molar-refractivity contribution < 1.29 is 33.3 Å². The van der Waals surface area contributed by atoms with Crippen LogP contribution in [0.1, 0.15) is 40.2 Å². The molecule has 0 aromatic heterocycles. The molecule has 1 fully saturated rings. The van der Waals surface area contributed by atoms with Crippen LogP contribution in [-0.4, -0.2) is 64.1 Å². The van der Waals surface area contributed by atoms with Gasteiger partial charge >= 0.3 is 5.97 Å². The highest BCUT2D eigenvalue weighted by Crippen LogP contribution is 2.41. The molecule has 1 aliphatic heterocycles. The van der Waals surface area contributed by atoms with Crippen LogP contribution in [0.15, 0.2) is 24.3 Å². The molecule has 1 aromatic carbocycles. The minimum atomic E-state index is -2.17. The lowest BCUT2D eigenvalue weighted by molar-refractivity contribution is -0.226. The summed E-state index contributed by atoms with van der Waals surface area (Å²) in [5.41, 5.74) is 1.01. The molecule has 2 rings (SSSR count). The molecular weight excluding hydrogens is 428 g/mol. The van der Waals surface area contributed by atoms with Crippen molar-refractivity contribution >= 4 is 14.3 Å². The molecule has 0 unspecified atom stereocenters. The molecule has 1 N–H and O–H groups in total. The Balaban J connectivity index is 2.27. The van der Waals surface area contributed by atoms with Gasteiger partial charge in [0.15, 0.2) is 8.32 Å². The predicted octanol–water partition coefficient (Wildman–Crippen LogP) is 3.93. The minimum Gasteiger partial charge on any atom is -0.497 e. The maximum atomic E-state index is 11.4. The molecule has 1 aromatic rings. The van der Waals surface area contributed by atoms with Crippen molar-refractivity contribution in [3.8, 4) is 5.75 Å². The quantitative estimate of drug-likeness (QED) is 0.434. The topological polar surface area (TPSA) is 83.5 Å². The average Bonchev–Trinajstić information content (AvgIpc) is 2.72. The summed E-state index contributed by atoms with van der Waals surface area (Å²) in [5.74, 6) is 0.316. The van der Waals surface area contributed by atoms with Gasteiger partial charge in [0.05, 0.1) is 32.5 Å². The zero-order valence-electron chi connectivity index (χ0n) is 20.7. The van der Waals surface area contributed by atoms with Crippen LogP contribution in [0.2, 0.25) is 18.1 Å². The summed E-state index contributed by atoms with van der Waals surface area (Å²) in [5, 5.41) is 10.1. The van der Waals surface area contributed by atoms with Crippen molar-refractivity contribution in [2.75, 3.05) is 20.3 Å². The number of ether oxygens (including phenoxy) is 4. The number of benzene rings is 1. The van der Waals surface area contributed by atoms with Gasteiger partial charge in [-0.05, 0) is 35.8 Å². The van der Waals surface area contributed by atoms with E-state index in [2.05, 4.69) is 33.9 Å². The van der Waals surface area contributed by atoms with Crippen molar-refractivity contribution in [3.05, 3.63) is 29.8 Å². The Labute approximate surface area is 193 Å². The monoisotopic (exact) mass is 468 g/mol. The summed E-state index contributed by atoms with van der Waals surface area (Å²) in [7, 11) is -0.539. The lowest BCUT2D eigenvalue weighted by Gasteiger charge is -2.49. The van der Waals surface area contributed by atoms with E-state index < -0.39 is 26.6 Å². The average molecular weight is 469 g/mol. The molecule has 32 heavy (non-hydrogen) atoms. The Hall–Kier alpha value is -1.45. The fourth-order valence-electron chi connectivity index (χ4n) is 3.51. The molecule has 0 amide bonds. The Morgan fingerprint density at radius 3 is 2.25 bits per heavy atom. The first-order valence-electron chi connectivity index (χ1n) is 11.2. The number of aliphatic hydroxyl groups excluding tert-OH is 1. The fourth-order valence-corrected chi connectivity index (χ4v) is 4.83. The van der Waals surface area contributed by atoms with E-state index in [4.69, 9.17) is 23.4 Å². The largest absolute Gasteiger partial charge is 0.497 e. The van der Waals surface area contributed by atoms with Crippen LogP contribution in [0.3, 0.4) is 0 Å². The van der Waals surface area contributed by atoms with Crippen molar-refractivity contribution in [2.24, 2.45) is 5.92 Å². The van der Waals surface area contributed by atoms with Crippen LogP contribution < -0.4 is 4.74 Å². The van der Waals surface area contributed by atoms with E-state index >= 15 is 0 Å². The second-order valence-corrected chi connectivity index (χ2v) is 14.8. The number of hydrogen-bond acceptors (Lipinski definition) is 7. The minimum absolute atomic E-state index is 0.00856. The zero-order chi connectivity index (χ0) is 24.1. The second-order valence-electron chi connectivity index (χ2n) is 10.0. The molecule has 0 bridgehead atoms. The molecule has 182 valence electrons. The molecule has 0 spiro atoms. The van der Waals surface area contributed by atoms with Gasteiger partial charge in [0.2, 0.25) is 0 Å². The maximum Gasteiger partial charge on any atom is 0.302 e. The second kappa shape index (κ2) is 11.1. The summed E-state index contributed by atoms with van der Waals surface area (Å²) in [6.07, 6.45) is -1.72. The van der Waals surface area contributed by atoms with Gasteiger partial charge in [-0.25, -0.2) is 0 Å². The number of carbonyl (C=O) groups is 1. The Kier molecular flexibility index (Phi) is 9.31. The highest BCUT2D eigenvalue weighted by atomic mass is 28.4. The Morgan fingerprint density at radius 2 is 1.75 bits per heavy atom. The van der Waals surface area contributed by atoms with E-state index in [9.17, 15) is 9.90 Å². The van der Waals surface area contributed by atoms with E-state index in [1.165, 1.54) is 6.92 Å². The summed E-state index contributed by atoms with van der Waals surface area (Å²) >= 11 is 0. The molecule has 1 saturated heterocycles. The van der Waals surface area contributed by atoms with Gasteiger partial charge in [0.25, 0.3) is 0 Å². The standard InChI is InChI=1S/C24H40O7Si/c1-16-21(15-28-17(2)26)30-20(13-25)23(31-32(7,8)24(3,4)5)22(16)29-14-18-9-11-19(27-6)12-10-18/h9-12,16,20-23,25H,13-15H2,1-8H3/t16-,20+,21-,22+,23+/m0/s1. The van der Waals surface area contributed by atoms with E-state index in [-0.39, 0.29) is 36.2 Å². The first kappa shape index (κ1) is 26.8. The van der Waals surface area contributed by atoms with Crippen molar-refractivity contribution in [3.63, 3.8) is 0 Å². The van der Waals surface area contributed by atoms with Crippen LogP contribution >= 0.6 is 0 Å². The van der Waals surface area contributed by atoms with Crippen LogP contribution in [0.4, 0.5) is 0 Å². The molecule has 0 radical (unpaired) electrons. The van der Waals surface area contributed by atoms with Gasteiger partial charge in [-0.15, -0.1) is 0 Å². The predicted molar refractivity (Wildman–Crippen MR) is 125 cm³/mol. The van der Waals surface area contributed by atoms with E-state index in [0.29, 0.717) is 6.61 Å². The highest BCUT2D eigenvalue weighted by Gasteiger charge is 2.49. The number of methoxy groups -OCH3 is 1. The lowest BCUT2D eigenvalue weighted by atomic mass is 9.88. The van der Waals surface area contributed by atoms with Crippen molar-refractivity contribution in [2.45, 2.75) is 83.8 Å². The van der Waals surface area contributed by atoms with Crippen LogP contribution in [-0.2, 0) is 30.0 Å². The van der Waals surface area contributed by atoms with Crippen LogP contribution in [0, 0.1) is 5.92 Å². The van der Waals surface area contributed by atoms with Crippen LogP contribution in [0.5, 0.6) is 5.75 Å². The maximum absolute atomic E-state index is 11.4. The molecule has 1 aliphatic rings. The first-order chi connectivity index (χ1) is 14.9. The van der Waals surface area contributed by atoms with Gasteiger partial charge in [0, 0.05) is 12.8 Å². The number of esters is 1. The third kappa shape index (κ3) is 6.77. The van der Waals surface area contributed by atoms with Gasteiger partial charge in [-0.2, -0.15) is 0 Å².